The summed E-state index contributed by atoms with van der Waals surface area (Å²) in [6.07, 6.45) is 1.60. The molecule has 1 aromatic carbocycles. The van der Waals surface area contributed by atoms with Crippen molar-refractivity contribution in [3.63, 3.8) is 0 Å². The number of benzene rings is 1. The fourth-order valence-corrected chi connectivity index (χ4v) is 2.21. The van der Waals surface area contributed by atoms with Gasteiger partial charge in [0, 0.05) is 5.69 Å². The molecule has 1 aromatic rings. The van der Waals surface area contributed by atoms with Crippen LogP contribution in [-0.4, -0.2) is 23.1 Å². The maximum Gasteiger partial charge on any atom is 0.326 e. The van der Waals surface area contributed by atoms with Gasteiger partial charge in [0.25, 0.3) is 0 Å². The Labute approximate surface area is 125 Å². The van der Waals surface area contributed by atoms with Crippen molar-refractivity contribution in [2.45, 2.75) is 46.6 Å². The van der Waals surface area contributed by atoms with Gasteiger partial charge in [-0.1, -0.05) is 45.9 Å². The molecule has 5 heteroatoms. The highest BCUT2D eigenvalue weighted by Crippen LogP contribution is 2.22. The number of carboxylic acid groups (broad SMARTS) is 1. The molecule has 0 saturated carbocycles. The van der Waals surface area contributed by atoms with Gasteiger partial charge in [-0.2, -0.15) is 0 Å². The van der Waals surface area contributed by atoms with Crippen molar-refractivity contribution in [3.8, 4) is 0 Å². The largest absolute Gasteiger partial charge is 0.480 e. The Hall–Kier alpha value is -2.04. The van der Waals surface area contributed by atoms with Gasteiger partial charge in [-0.25, -0.2) is 9.59 Å². The third kappa shape index (κ3) is 4.48. The van der Waals surface area contributed by atoms with Crippen LogP contribution in [-0.2, 0) is 17.6 Å². The summed E-state index contributed by atoms with van der Waals surface area (Å²) >= 11 is 0. The highest BCUT2D eigenvalue weighted by molar-refractivity contribution is 5.93. The third-order valence-electron chi connectivity index (χ3n) is 3.46. The van der Waals surface area contributed by atoms with Gasteiger partial charge in [-0.15, -0.1) is 0 Å². The first kappa shape index (κ1) is 17.0. The molecule has 3 N–H and O–H groups in total. The minimum atomic E-state index is -1.03. The monoisotopic (exact) mass is 292 g/mol. The molecule has 21 heavy (non-hydrogen) atoms. The molecular weight excluding hydrogens is 268 g/mol. The first-order valence-corrected chi connectivity index (χ1v) is 7.31. The van der Waals surface area contributed by atoms with Gasteiger partial charge in [0.05, 0.1) is 0 Å². The molecule has 0 spiro atoms. The van der Waals surface area contributed by atoms with E-state index in [-0.39, 0.29) is 5.92 Å². The maximum atomic E-state index is 12.1. The topological polar surface area (TPSA) is 78.4 Å². The van der Waals surface area contributed by atoms with E-state index in [1.165, 1.54) is 0 Å². The van der Waals surface area contributed by atoms with Crippen LogP contribution >= 0.6 is 0 Å². The van der Waals surface area contributed by atoms with Crippen molar-refractivity contribution in [1.29, 1.82) is 0 Å². The Morgan fingerprint density at radius 3 is 2.05 bits per heavy atom. The molecule has 0 aliphatic heterocycles. The van der Waals surface area contributed by atoms with Crippen LogP contribution in [0.4, 0.5) is 10.5 Å². The lowest BCUT2D eigenvalue weighted by molar-refractivity contribution is -0.140. The van der Waals surface area contributed by atoms with Crippen molar-refractivity contribution >= 4 is 17.7 Å². The number of carbonyl (C=O) groups excluding carboxylic acids is 1. The second-order valence-corrected chi connectivity index (χ2v) is 5.32. The second kappa shape index (κ2) is 7.67. The van der Waals surface area contributed by atoms with Crippen LogP contribution in [0.15, 0.2) is 18.2 Å². The quantitative estimate of drug-likeness (QED) is 0.754. The van der Waals surface area contributed by atoms with E-state index in [2.05, 4.69) is 10.6 Å². The van der Waals surface area contributed by atoms with Crippen molar-refractivity contribution in [2.24, 2.45) is 5.92 Å². The summed E-state index contributed by atoms with van der Waals surface area (Å²) in [6.45, 7) is 7.56. The van der Waals surface area contributed by atoms with E-state index >= 15 is 0 Å². The summed E-state index contributed by atoms with van der Waals surface area (Å²) in [7, 11) is 0. The van der Waals surface area contributed by atoms with Gasteiger partial charge < -0.3 is 15.7 Å². The molecule has 0 aromatic heterocycles. The van der Waals surface area contributed by atoms with Crippen LogP contribution in [0, 0.1) is 5.92 Å². The van der Waals surface area contributed by atoms with E-state index in [4.69, 9.17) is 5.11 Å². The standard InChI is InChI=1S/C16H24N2O3/c1-5-11-8-7-9-12(6-2)14(11)18-16(21)17-13(10(3)4)15(19)20/h7-10,13H,5-6H2,1-4H3,(H,19,20)(H2,17,18,21). The SMILES string of the molecule is CCc1cccc(CC)c1NC(=O)NC(C(=O)O)C(C)C. The smallest absolute Gasteiger partial charge is 0.326 e. The zero-order valence-electron chi connectivity index (χ0n) is 13.1. The van der Waals surface area contributed by atoms with E-state index in [1.54, 1.807) is 13.8 Å². The summed E-state index contributed by atoms with van der Waals surface area (Å²) in [6, 6.07) is 4.52. The van der Waals surface area contributed by atoms with E-state index in [0.29, 0.717) is 0 Å². The second-order valence-electron chi connectivity index (χ2n) is 5.32. The predicted molar refractivity (Wildman–Crippen MR) is 83.6 cm³/mol. The lowest BCUT2D eigenvalue weighted by Gasteiger charge is -2.20. The molecule has 0 radical (unpaired) electrons. The highest BCUT2D eigenvalue weighted by atomic mass is 16.4. The Bertz CT molecular complexity index is 490. The molecule has 0 saturated heterocycles. The van der Waals surface area contributed by atoms with Crippen LogP contribution in [0.2, 0.25) is 0 Å². The molecule has 2 amide bonds. The normalized spacial score (nSPS) is 12.0. The molecule has 1 unspecified atom stereocenters. The van der Waals surface area contributed by atoms with Crippen molar-refractivity contribution in [1.82, 2.24) is 5.32 Å². The number of carboxylic acids is 1. The molecule has 5 nitrogen and oxygen atoms in total. The number of para-hydroxylation sites is 1. The van der Waals surface area contributed by atoms with Crippen LogP contribution in [0.1, 0.15) is 38.8 Å². The van der Waals surface area contributed by atoms with Crippen LogP contribution in [0.5, 0.6) is 0 Å². The molecule has 1 rings (SSSR count). The molecular formula is C16H24N2O3. The number of urea groups is 1. The Morgan fingerprint density at radius 2 is 1.67 bits per heavy atom. The van der Waals surface area contributed by atoms with Crippen molar-refractivity contribution in [3.05, 3.63) is 29.3 Å². The zero-order valence-corrected chi connectivity index (χ0v) is 13.1. The van der Waals surface area contributed by atoms with Crippen LogP contribution in [0.3, 0.4) is 0 Å². The van der Waals surface area contributed by atoms with Gasteiger partial charge in [0.1, 0.15) is 6.04 Å². The Morgan fingerprint density at radius 1 is 1.14 bits per heavy atom. The molecule has 116 valence electrons. The number of aliphatic carboxylic acids is 1. The van der Waals surface area contributed by atoms with Gasteiger partial charge >= 0.3 is 12.0 Å². The van der Waals surface area contributed by atoms with E-state index in [1.807, 2.05) is 32.0 Å². The average molecular weight is 292 g/mol. The average Bonchev–Trinajstić information content (AvgIpc) is 2.44. The van der Waals surface area contributed by atoms with Gasteiger partial charge in [0.15, 0.2) is 0 Å². The highest BCUT2D eigenvalue weighted by Gasteiger charge is 2.23. The summed E-state index contributed by atoms with van der Waals surface area (Å²) < 4.78 is 0. The van der Waals surface area contributed by atoms with Crippen LogP contribution < -0.4 is 10.6 Å². The van der Waals surface area contributed by atoms with E-state index in [9.17, 15) is 9.59 Å². The van der Waals surface area contributed by atoms with Gasteiger partial charge in [0.2, 0.25) is 0 Å². The molecule has 0 aliphatic carbocycles. The van der Waals surface area contributed by atoms with E-state index < -0.39 is 18.0 Å². The number of aryl methyl sites for hydroxylation is 2. The summed E-state index contributed by atoms with van der Waals surface area (Å²) in [5.41, 5.74) is 2.87. The number of hydrogen-bond donors (Lipinski definition) is 3. The van der Waals surface area contributed by atoms with Crippen molar-refractivity contribution < 1.29 is 14.7 Å². The third-order valence-corrected chi connectivity index (χ3v) is 3.46. The first-order valence-electron chi connectivity index (χ1n) is 7.31. The molecule has 0 heterocycles. The van der Waals surface area contributed by atoms with Gasteiger partial charge in [-0.05, 0) is 29.9 Å². The van der Waals surface area contributed by atoms with Gasteiger partial charge in [-0.3, -0.25) is 0 Å². The Kier molecular flexibility index (Phi) is 6.21. The summed E-state index contributed by atoms with van der Waals surface area (Å²) in [4.78, 5) is 23.2. The maximum absolute atomic E-state index is 12.1. The molecule has 1 atom stereocenters. The number of rotatable bonds is 6. The lowest BCUT2D eigenvalue weighted by Crippen LogP contribution is -2.46. The van der Waals surface area contributed by atoms with Crippen molar-refractivity contribution in [2.75, 3.05) is 5.32 Å². The lowest BCUT2D eigenvalue weighted by atomic mass is 10.0. The van der Waals surface area contributed by atoms with E-state index in [0.717, 1.165) is 29.7 Å². The zero-order chi connectivity index (χ0) is 16.0. The molecule has 0 bridgehead atoms. The molecule has 0 aliphatic rings. The minimum Gasteiger partial charge on any atom is -0.480 e. The number of carbonyl (C=O) groups is 2. The van der Waals surface area contributed by atoms with Crippen LogP contribution in [0.25, 0.3) is 0 Å². The minimum absolute atomic E-state index is 0.180. The fraction of sp³-hybridized carbons (Fsp3) is 0.500. The first-order chi connectivity index (χ1) is 9.90. The Balaban J connectivity index is 2.90. The fourth-order valence-electron chi connectivity index (χ4n) is 2.21. The number of nitrogens with one attached hydrogen (secondary N) is 2. The molecule has 0 fully saturated rings. The number of anilines is 1. The number of amides is 2. The summed E-state index contributed by atoms with van der Waals surface area (Å²) in [5.74, 6) is -1.21. The summed E-state index contributed by atoms with van der Waals surface area (Å²) in [5, 5.41) is 14.4. The number of hydrogen-bond acceptors (Lipinski definition) is 2. The predicted octanol–water partition coefficient (Wildman–Crippen LogP) is 3.04.